The van der Waals surface area contributed by atoms with Crippen molar-refractivity contribution in [1.29, 1.82) is 0 Å². The van der Waals surface area contributed by atoms with Crippen LogP contribution in [0.2, 0.25) is 0 Å². The number of nitrogens with zero attached hydrogens (tertiary/aromatic N) is 1. The minimum atomic E-state index is -0.194. The Morgan fingerprint density at radius 1 is 1.32 bits per heavy atom. The molecule has 0 amide bonds. The van der Waals surface area contributed by atoms with Gasteiger partial charge in [-0.25, -0.2) is 0 Å². The molecule has 19 heavy (non-hydrogen) atoms. The summed E-state index contributed by atoms with van der Waals surface area (Å²) < 4.78 is 1.07. The van der Waals surface area contributed by atoms with E-state index in [0.29, 0.717) is 5.92 Å². The molecule has 2 unspecified atom stereocenters. The second kappa shape index (κ2) is 6.25. The lowest BCUT2D eigenvalue weighted by atomic mass is 9.91. The van der Waals surface area contributed by atoms with Crippen LogP contribution in [0.5, 0.6) is 0 Å². The van der Waals surface area contributed by atoms with Crippen molar-refractivity contribution in [3.63, 3.8) is 0 Å². The molecule has 0 aliphatic carbocycles. The predicted octanol–water partition coefficient (Wildman–Crippen LogP) is 3.07. The number of hydrogen-bond donors (Lipinski definition) is 2. The minimum absolute atomic E-state index is 0.0296. The molecule has 1 aliphatic rings. The van der Waals surface area contributed by atoms with E-state index >= 15 is 0 Å². The quantitative estimate of drug-likeness (QED) is 0.897. The Labute approximate surface area is 123 Å². The van der Waals surface area contributed by atoms with Crippen molar-refractivity contribution in [1.82, 2.24) is 0 Å². The molecule has 1 saturated heterocycles. The molecule has 1 heterocycles. The third-order valence-corrected chi connectivity index (χ3v) is 4.54. The zero-order chi connectivity index (χ0) is 14.0. The highest BCUT2D eigenvalue weighted by Crippen LogP contribution is 2.32. The molecule has 2 atom stereocenters. The van der Waals surface area contributed by atoms with Crippen molar-refractivity contribution >= 4 is 21.6 Å². The highest BCUT2D eigenvalue weighted by molar-refractivity contribution is 9.10. The van der Waals surface area contributed by atoms with Crippen molar-refractivity contribution in [2.24, 2.45) is 11.7 Å². The van der Waals surface area contributed by atoms with Gasteiger partial charge in [0, 0.05) is 29.3 Å². The summed E-state index contributed by atoms with van der Waals surface area (Å²) in [7, 11) is 0. The third-order valence-electron chi connectivity index (χ3n) is 4.04. The van der Waals surface area contributed by atoms with Gasteiger partial charge >= 0.3 is 0 Å². The lowest BCUT2D eigenvalue weighted by Gasteiger charge is -2.36. The highest BCUT2D eigenvalue weighted by Gasteiger charge is 2.24. The molecule has 3 N–H and O–H groups in total. The van der Waals surface area contributed by atoms with Crippen LogP contribution in [0.1, 0.15) is 38.3 Å². The maximum Gasteiger partial charge on any atom is 0.0541 e. The van der Waals surface area contributed by atoms with Crippen LogP contribution in [0, 0.1) is 5.92 Å². The van der Waals surface area contributed by atoms with E-state index in [4.69, 9.17) is 5.73 Å². The van der Waals surface area contributed by atoms with Gasteiger partial charge in [0.25, 0.3) is 0 Å². The van der Waals surface area contributed by atoms with Crippen LogP contribution < -0.4 is 10.6 Å². The zero-order valence-corrected chi connectivity index (χ0v) is 13.2. The van der Waals surface area contributed by atoms with E-state index in [1.165, 1.54) is 11.3 Å². The number of anilines is 1. The van der Waals surface area contributed by atoms with Crippen molar-refractivity contribution < 1.29 is 5.11 Å². The standard InChI is InChI=1S/C15H23BrN2O/c1-10(17)14-9-13(16)3-4-15(14)18-7-5-12(6-8-18)11(2)19/h3-4,9-12,19H,5-8,17H2,1-2H3. The molecular formula is C15H23BrN2O. The monoisotopic (exact) mass is 326 g/mol. The Morgan fingerprint density at radius 2 is 1.95 bits per heavy atom. The Balaban J connectivity index is 2.15. The van der Waals surface area contributed by atoms with Gasteiger partial charge in [-0.2, -0.15) is 0 Å². The molecule has 1 fully saturated rings. The molecule has 1 aliphatic heterocycles. The van der Waals surface area contributed by atoms with Gasteiger partial charge in [-0.05, 0) is 56.4 Å². The van der Waals surface area contributed by atoms with E-state index in [2.05, 4.69) is 39.0 Å². The summed E-state index contributed by atoms with van der Waals surface area (Å²) in [5, 5.41) is 9.67. The minimum Gasteiger partial charge on any atom is -0.393 e. The highest BCUT2D eigenvalue weighted by atomic mass is 79.9. The van der Waals surface area contributed by atoms with Crippen molar-refractivity contribution in [2.75, 3.05) is 18.0 Å². The fraction of sp³-hybridized carbons (Fsp3) is 0.600. The van der Waals surface area contributed by atoms with Crippen LogP contribution in [-0.2, 0) is 0 Å². The molecule has 2 rings (SSSR count). The zero-order valence-electron chi connectivity index (χ0n) is 11.6. The van der Waals surface area contributed by atoms with Gasteiger partial charge in [-0.1, -0.05) is 15.9 Å². The molecule has 0 aromatic heterocycles. The van der Waals surface area contributed by atoms with Gasteiger partial charge in [-0.3, -0.25) is 0 Å². The number of benzene rings is 1. The SMILES string of the molecule is CC(N)c1cc(Br)ccc1N1CCC(C(C)O)CC1. The molecule has 106 valence electrons. The molecule has 0 radical (unpaired) electrons. The van der Waals surface area contributed by atoms with E-state index in [-0.39, 0.29) is 12.1 Å². The fourth-order valence-electron chi connectivity index (χ4n) is 2.80. The number of nitrogens with two attached hydrogens (primary N) is 1. The maximum atomic E-state index is 9.67. The summed E-state index contributed by atoms with van der Waals surface area (Å²) in [6.07, 6.45) is 1.90. The fourth-order valence-corrected chi connectivity index (χ4v) is 3.18. The van der Waals surface area contributed by atoms with Crippen LogP contribution >= 0.6 is 15.9 Å². The molecule has 1 aromatic carbocycles. The first-order chi connectivity index (χ1) is 8.99. The summed E-state index contributed by atoms with van der Waals surface area (Å²) >= 11 is 3.51. The van der Waals surface area contributed by atoms with E-state index in [9.17, 15) is 5.11 Å². The molecule has 1 aromatic rings. The van der Waals surface area contributed by atoms with Crippen LogP contribution in [0.4, 0.5) is 5.69 Å². The lowest BCUT2D eigenvalue weighted by Crippen LogP contribution is -2.37. The Kier molecular flexibility index (Phi) is 4.87. The Morgan fingerprint density at radius 3 is 2.47 bits per heavy atom. The van der Waals surface area contributed by atoms with E-state index in [1.54, 1.807) is 0 Å². The predicted molar refractivity (Wildman–Crippen MR) is 83.4 cm³/mol. The normalized spacial score (nSPS) is 20.4. The van der Waals surface area contributed by atoms with E-state index in [0.717, 1.165) is 30.4 Å². The molecule has 3 nitrogen and oxygen atoms in total. The average Bonchev–Trinajstić information content (AvgIpc) is 2.38. The molecule has 0 bridgehead atoms. The first-order valence-corrected chi connectivity index (χ1v) is 7.76. The van der Waals surface area contributed by atoms with Gasteiger partial charge in [-0.15, -0.1) is 0 Å². The van der Waals surface area contributed by atoms with Crippen molar-refractivity contribution in [2.45, 2.75) is 38.8 Å². The van der Waals surface area contributed by atoms with Crippen LogP contribution in [0.25, 0.3) is 0 Å². The summed E-state index contributed by atoms with van der Waals surface area (Å²) in [5.41, 5.74) is 8.50. The first-order valence-electron chi connectivity index (χ1n) is 6.97. The summed E-state index contributed by atoms with van der Waals surface area (Å²) in [6.45, 7) is 5.91. The topological polar surface area (TPSA) is 49.5 Å². The largest absolute Gasteiger partial charge is 0.393 e. The molecule has 4 heteroatoms. The lowest BCUT2D eigenvalue weighted by molar-refractivity contribution is 0.110. The van der Waals surface area contributed by atoms with Crippen LogP contribution in [-0.4, -0.2) is 24.3 Å². The molecule has 0 saturated carbocycles. The first kappa shape index (κ1) is 14.8. The third kappa shape index (κ3) is 3.50. The second-order valence-electron chi connectivity index (χ2n) is 5.56. The van der Waals surface area contributed by atoms with Gasteiger partial charge in [0.2, 0.25) is 0 Å². The smallest absolute Gasteiger partial charge is 0.0541 e. The number of rotatable bonds is 3. The van der Waals surface area contributed by atoms with Gasteiger partial charge < -0.3 is 15.7 Å². The van der Waals surface area contributed by atoms with E-state index < -0.39 is 0 Å². The van der Waals surface area contributed by atoms with Crippen LogP contribution in [0.15, 0.2) is 22.7 Å². The number of aliphatic hydroxyl groups is 1. The second-order valence-corrected chi connectivity index (χ2v) is 6.47. The van der Waals surface area contributed by atoms with Crippen molar-refractivity contribution in [3.05, 3.63) is 28.2 Å². The number of hydrogen-bond acceptors (Lipinski definition) is 3. The summed E-state index contributed by atoms with van der Waals surface area (Å²) in [6, 6.07) is 6.36. The van der Waals surface area contributed by atoms with E-state index in [1.807, 2.05) is 13.8 Å². The molecule has 0 spiro atoms. The number of piperidine rings is 1. The maximum absolute atomic E-state index is 9.67. The Hall–Kier alpha value is -0.580. The average molecular weight is 327 g/mol. The van der Waals surface area contributed by atoms with Gasteiger partial charge in [0.15, 0.2) is 0 Å². The van der Waals surface area contributed by atoms with Crippen molar-refractivity contribution in [3.8, 4) is 0 Å². The summed E-state index contributed by atoms with van der Waals surface area (Å²) in [4.78, 5) is 2.39. The summed E-state index contributed by atoms with van der Waals surface area (Å²) in [5.74, 6) is 0.436. The Bertz CT molecular complexity index is 426. The molecular weight excluding hydrogens is 304 g/mol. The number of halogens is 1. The van der Waals surface area contributed by atoms with Crippen LogP contribution in [0.3, 0.4) is 0 Å². The number of aliphatic hydroxyl groups excluding tert-OH is 1. The van der Waals surface area contributed by atoms with Gasteiger partial charge in [0.1, 0.15) is 0 Å². The van der Waals surface area contributed by atoms with Gasteiger partial charge in [0.05, 0.1) is 6.10 Å².